The van der Waals surface area contributed by atoms with Crippen LogP contribution in [0.1, 0.15) is 47.4 Å². The SMILES string of the molecule is CCC(C)NC(=O)CCNC(=O)c1ccc(NC(=O)c2cc(F)cc(F)c2)cc1O. The van der Waals surface area contributed by atoms with Crippen LogP contribution in [0.25, 0.3) is 0 Å². The molecule has 0 aliphatic carbocycles. The van der Waals surface area contributed by atoms with E-state index in [1.54, 1.807) is 0 Å². The summed E-state index contributed by atoms with van der Waals surface area (Å²) in [5.74, 6) is -3.76. The molecule has 3 amide bonds. The van der Waals surface area contributed by atoms with Gasteiger partial charge in [0, 0.05) is 42.4 Å². The van der Waals surface area contributed by atoms with E-state index in [0.29, 0.717) is 6.07 Å². The van der Waals surface area contributed by atoms with Crippen molar-refractivity contribution >= 4 is 23.4 Å². The number of carbonyl (C=O) groups is 3. The highest BCUT2D eigenvalue weighted by atomic mass is 19.1. The normalized spacial score (nSPS) is 11.5. The summed E-state index contributed by atoms with van der Waals surface area (Å²) >= 11 is 0. The number of hydrogen-bond acceptors (Lipinski definition) is 4. The number of amides is 3. The zero-order valence-corrected chi connectivity index (χ0v) is 16.6. The third-order valence-corrected chi connectivity index (χ3v) is 4.28. The van der Waals surface area contributed by atoms with E-state index in [4.69, 9.17) is 0 Å². The van der Waals surface area contributed by atoms with E-state index in [1.165, 1.54) is 12.1 Å². The molecule has 0 aliphatic rings. The highest BCUT2D eigenvalue weighted by Crippen LogP contribution is 2.22. The van der Waals surface area contributed by atoms with Crippen LogP contribution in [0.5, 0.6) is 5.75 Å². The lowest BCUT2D eigenvalue weighted by atomic mass is 10.1. The second-order valence-corrected chi connectivity index (χ2v) is 6.73. The monoisotopic (exact) mass is 419 g/mol. The van der Waals surface area contributed by atoms with Gasteiger partial charge in [0.05, 0.1) is 5.56 Å². The Bertz CT molecular complexity index is 930. The molecule has 0 aliphatic heterocycles. The first-order valence-corrected chi connectivity index (χ1v) is 9.37. The number of nitrogens with one attached hydrogen (secondary N) is 3. The molecule has 0 saturated carbocycles. The first kappa shape index (κ1) is 22.8. The molecular formula is C21H23F2N3O4. The molecule has 0 heterocycles. The van der Waals surface area contributed by atoms with E-state index in [1.807, 2.05) is 13.8 Å². The van der Waals surface area contributed by atoms with Crippen LogP contribution >= 0.6 is 0 Å². The van der Waals surface area contributed by atoms with Crippen molar-refractivity contribution < 1.29 is 28.3 Å². The van der Waals surface area contributed by atoms with Gasteiger partial charge in [0.15, 0.2) is 0 Å². The van der Waals surface area contributed by atoms with Crippen LogP contribution in [0.3, 0.4) is 0 Å². The molecule has 2 aromatic rings. The number of benzene rings is 2. The largest absolute Gasteiger partial charge is 0.507 e. The lowest BCUT2D eigenvalue weighted by Crippen LogP contribution is -2.35. The van der Waals surface area contributed by atoms with E-state index < -0.39 is 29.2 Å². The van der Waals surface area contributed by atoms with Crippen molar-refractivity contribution in [2.45, 2.75) is 32.7 Å². The molecule has 160 valence electrons. The molecule has 0 saturated heterocycles. The Hall–Kier alpha value is -3.49. The summed E-state index contributed by atoms with van der Waals surface area (Å²) in [6, 6.07) is 6.21. The van der Waals surface area contributed by atoms with Gasteiger partial charge < -0.3 is 21.1 Å². The van der Waals surface area contributed by atoms with Gasteiger partial charge in [-0.3, -0.25) is 14.4 Å². The number of hydrogen-bond donors (Lipinski definition) is 4. The molecule has 7 nitrogen and oxygen atoms in total. The molecule has 1 unspecified atom stereocenters. The summed E-state index contributed by atoms with van der Waals surface area (Å²) in [6.45, 7) is 3.90. The summed E-state index contributed by atoms with van der Waals surface area (Å²) in [7, 11) is 0. The first-order valence-electron chi connectivity index (χ1n) is 9.37. The number of rotatable bonds is 8. The van der Waals surface area contributed by atoms with Gasteiger partial charge in [0.25, 0.3) is 11.8 Å². The lowest BCUT2D eigenvalue weighted by molar-refractivity contribution is -0.121. The number of aromatic hydroxyl groups is 1. The van der Waals surface area contributed by atoms with Crippen molar-refractivity contribution in [1.82, 2.24) is 10.6 Å². The van der Waals surface area contributed by atoms with Gasteiger partial charge in [0.1, 0.15) is 17.4 Å². The summed E-state index contributed by atoms with van der Waals surface area (Å²) in [6.07, 6.45) is 0.887. The number of carbonyl (C=O) groups excluding carboxylic acids is 3. The van der Waals surface area contributed by atoms with E-state index >= 15 is 0 Å². The maximum atomic E-state index is 13.2. The summed E-state index contributed by atoms with van der Waals surface area (Å²) < 4.78 is 26.5. The van der Waals surface area contributed by atoms with E-state index in [-0.39, 0.29) is 41.7 Å². The van der Waals surface area contributed by atoms with E-state index in [2.05, 4.69) is 16.0 Å². The smallest absolute Gasteiger partial charge is 0.255 e. The van der Waals surface area contributed by atoms with E-state index in [0.717, 1.165) is 24.6 Å². The van der Waals surface area contributed by atoms with Crippen molar-refractivity contribution in [1.29, 1.82) is 0 Å². The van der Waals surface area contributed by atoms with Crippen molar-refractivity contribution in [3.63, 3.8) is 0 Å². The predicted octanol–water partition coefficient (Wildman–Crippen LogP) is 2.96. The molecule has 4 N–H and O–H groups in total. The summed E-state index contributed by atoms with van der Waals surface area (Å²) in [5, 5.41) is 17.8. The number of phenolic OH excluding ortho intramolecular Hbond substituents is 1. The molecular weight excluding hydrogens is 396 g/mol. The van der Waals surface area contributed by atoms with Gasteiger partial charge in [0.2, 0.25) is 5.91 Å². The molecule has 0 spiro atoms. The highest BCUT2D eigenvalue weighted by molar-refractivity contribution is 6.05. The van der Waals surface area contributed by atoms with E-state index in [9.17, 15) is 28.3 Å². The highest BCUT2D eigenvalue weighted by Gasteiger charge is 2.15. The third kappa shape index (κ3) is 6.54. The van der Waals surface area contributed by atoms with Gasteiger partial charge in [-0.05, 0) is 37.6 Å². The van der Waals surface area contributed by atoms with Crippen LogP contribution in [-0.2, 0) is 4.79 Å². The second kappa shape index (κ2) is 10.3. The molecule has 2 rings (SSSR count). The van der Waals surface area contributed by atoms with Crippen molar-refractivity contribution in [2.24, 2.45) is 0 Å². The Morgan fingerprint density at radius 1 is 1.03 bits per heavy atom. The molecule has 0 bridgehead atoms. The molecule has 30 heavy (non-hydrogen) atoms. The molecule has 9 heteroatoms. The van der Waals surface area contributed by atoms with Gasteiger partial charge in [-0.15, -0.1) is 0 Å². The van der Waals surface area contributed by atoms with Crippen LogP contribution in [0, 0.1) is 11.6 Å². The molecule has 0 aromatic heterocycles. The Labute approximate surface area is 172 Å². The zero-order chi connectivity index (χ0) is 22.3. The minimum atomic E-state index is -0.896. The van der Waals surface area contributed by atoms with Gasteiger partial charge in [-0.25, -0.2) is 8.78 Å². The number of anilines is 1. The minimum Gasteiger partial charge on any atom is -0.507 e. The van der Waals surface area contributed by atoms with Crippen molar-refractivity contribution in [3.05, 3.63) is 59.2 Å². The molecule has 2 aromatic carbocycles. The minimum absolute atomic E-state index is 0.0453. The fourth-order valence-electron chi connectivity index (χ4n) is 2.52. The zero-order valence-electron chi connectivity index (χ0n) is 16.6. The molecule has 1 atom stereocenters. The predicted molar refractivity (Wildman–Crippen MR) is 107 cm³/mol. The summed E-state index contributed by atoms with van der Waals surface area (Å²) in [4.78, 5) is 36.0. The maximum Gasteiger partial charge on any atom is 0.255 e. The topological polar surface area (TPSA) is 108 Å². The quantitative estimate of drug-likeness (QED) is 0.528. The standard InChI is InChI=1S/C21H23F2N3O4/c1-3-12(2)25-19(28)6-7-24-21(30)17-5-4-16(11-18(17)27)26-20(29)13-8-14(22)10-15(23)9-13/h4-5,8-12,27H,3,6-7H2,1-2H3,(H,24,30)(H,25,28)(H,26,29). The third-order valence-electron chi connectivity index (χ3n) is 4.28. The van der Waals surface area contributed by atoms with Crippen LogP contribution < -0.4 is 16.0 Å². The van der Waals surface area contributed by atoms with Crippen molar-refractivity contribution in [3.8, 4) is 5.75 Å². The Balaban J connectivity index is 1.95. The van der Waals surface area contributed by atoms with Crippen LogP contribution in [0.15, 0.2) is 36.4 Å². The Morgan fingerprint density at radius 3 is 2.30 bits per heavy atom. The van der Waals surface area contributed by atoms with Gasteiger partial charge >= 0.3 is 0 Å². The van der Waals surface area contributed by atoms with Crippen molar-refractivity contribution in [2.75, 3.05) is 11.9 Å². The van der Waals surface area contributed by atoms with Crippen LogP contribution in [-0.4, -0.2) is 35.4 Å². The fraction of sp³-hybridized carbons (Fsp3) is 0.286. The Kier molecular flexibility index (Phi) is 7.85. The average Bonchev–Trinajstić information content (AvgIpc) is 2.67. The van der Waals surface area contributed by atoms with Crippen LogP contribution in [0.2, 0.25) is 0 Å². The maximum absolute atomic E-state index is 13.2. The fourth-order valence-corrected chi connectivity index (χ4v) is 2.52. The second-order valence-electron chi connectivity index (χ2n) is 6.73. The summed E-state index contributed by atoms with van der Waals surface area (Å²) in [5.41, 5.74) is -0.150. The molecule has 0 radical (unpaired) electrons. The van der Waals surface area contributed by atoms with Crippen LogP contribution in [0.4, 0.5) is 14.5 Å². The average molecular weight is 419 g/mol. The van der Waals surface area contributed by atoms with Gasteiger partial charge in [-0.1, -0.05) is 6.92 Å². The number of halogens is 2. The molecule has 0 fully saturated rings. The lowest BCUT2D eigenvalue weighted by Gasteiger charge is -2.12. The van der Waals surface area contributed by atoms with Gasteiger partial charge in [-0.2, -0.15) is 0 Å². The number of phenols is 1. The first-order chi connectivity index (χ1) is 14.2. The Morgan fingerprint density at radius 2 is 1.70 bits per heavy atom.